The van der Waals surface area contributed by atoms with E-state index >= 15 is 0 Å². The molecule has 0 N–H and O–H groups in total. The number of aromatic nitrogens is 5. The van der Waals surface area contributed by atoms with E-state index in [1.165, 1.54) is 0 Å². The molecule has 0 aliphatic carbocycles. The van der Waals surface area contributed by atoms with Crippen LogP contribution in [-0.2, 0) is 0 Å². The highest BCUT2D eigenvalue weighted by Crippen LogP contribution is 1.96. The molecule has 4 aromatic heterocycles. The molecule has 0 saturated carbocycles. The molecule has 4 aromatic rings. The third-order valence-corrected chi connectivity index (χ3v) is 2.47. The summed E-state index contributed by atoms with van der Waals surface area (Å²) in [4.78, 5) is 12.0. The van der Waals surface area contributed by atoms with Crippen LogP contribution >= 0.6 is 0 Å². The third kappa shape index (κ3) is 2.06. The van der Waals surface area contributed by atoms with Gasteiger partial charge >= 0.3 is 0 Å². The Bertz CT molecular complexity index is 629. The molecule has 88 valence electrons. The highest BCUT2D eigenvalue weighted by atomic mass is 15.1. The molecule has 5 nitrogen and oxygen atoms in total. The first-order valence-corrected chi connectivity index (χ1v) is 5.55. The lowest BCUT2D eigenvalue weighted by Gasteiger charge is -1.86. The highest BCUT2D eigenvalue weighted by molar-refractivity contribution is 5.36. The van der Waals surface area contributed by atoms with Crippen LogP contribution in [0, 0.1) is 0 Å². The van der Waals surface area contributed by atoms with Gasteiger partial charge in [0.05, 0.1) is 0 Å². The van der Waals surface area contributed by atoms with Crippen molar-refractivity contribution in [1.82, 2.24) is 23.8 Å². The molecule has 5 heteroatoms. The van der Waals surface area contributed by atoms with Crippen LogP contribution in [-0.4, -0.2) is 23.8 Å². The van der Waals surface area contributed by atoms with E-state index in [4.69, 9.17) is 0 Å². The van der Waals surface area contributed by atoms with Gasteiger partial charge in [0.2, 0.25) is 5.78 Å². The zero-order chi connectivity index (χ0) is 12.2. The van der Waals surface area contributed by atoms with E-state index < -0.39 is 0 Å². The Labute approximate surface area is 103 Å². The Morgan fingerprint density at radius 2 is 1.44 bits per heavy atom. The van der Waals surface area contributed by atoms with E-state index in [-0.39, 0.29) is 0 Å². The summed E-state index contributed by atoms with van der Waals surface area (Å²) in [6, 6.07) is 7.80. The van der Waals surface area contributed by atoms with Crippen molar-refractivity contribution >= 4 is 11.4 Å². The molecule has 0 aromatic carbocycles. The summed E-state index contributed by atoms with van der Waals surface area (Å²) in [5, 5.41) is 0. The first-order valence-electron chi connectivity index (χ1n) is 5.55. The Kier molecular flexibility index (Phi) is 2.71. The van der Waals surface area contributed by atoms with Crippen molar-refractivity contribution in [2.24, 2.45) is 0 Å². The number of hydrogen-bond donors (Lipinski definition) is 0. The summed E-state index contributed by atoms with van der Waals surface area (Å²) in [5.41, 5.74) is 0.998. The van der Waals surface area contributed by atoms with E-state index in [9.17, 15) is 0 Å². The van der Waals surface area contributed by atoms with Gasteiger partial charge in [-0.2, -0.15) is 0 Å². The molecule has 0 spiro atoms. The molecule has 0 fully saturated rings. The number of fused-ring (bicyclic) bond motifs is 2. The van der Waals surface area contributed by atoms with Gasteiger partial charge in [-0.15, -0.1) is 0 Å². The lowest BCUT2D eigenvalue weighted by Crippen LogP contribution is -1.82. The fraction of sp³-hybridized carbons (Fsp3) is 0. The SMILES string of the molecule is c1ccn2ccnc2c1.c1cnc2nccn2c1. The predicted octanol–water partition coefficient (Wildman–Crippen LogP) is 2.06. The topological polar surface area (TPSA) is 47.5 Å². The van der Waals surface area contributed by atoms with Crippen molar-refractivity contribution in [1.29, 1.82) is 0 Å². The molecule has 0 unspecified atom stereocenters. The number of imidazole rings is 2. The van der Waals surface area contributed by atoms with Crippen molar-refractivity contribution in [2.75, 3.05) is 0 Å². The van der Waals surface area contributed by atoms with Crippen LogP contribution < -0.4 is 0 Å². The standard InChI is InChI=1S/C7H6N2.C6H5N3/c1-2-5-9-6-4-8-7(9)3-1;1-2-7-6-8-3-5-9(6)4-1/h1-6H;1-5H. The minimum Gasteiger partial charge on any atom is -0.307 e. The first kappa shape index (κ1) is 10.5. The number of nitrogens with zero attached hydrogens (tertiary/aromatic N) is 5. The summed E-state index contributed by atoms with van der Waals surface area (Å²) < 4.78 is 3.83. The monoisotopic (exact) mass is 237 g/mol. The molecule has 18 heavy (non-hydrogen) atoms. The molecule has 0 radical (unpaired) electrons. The largest absolute Gasteiger partial charge is 0.307 e. The lowest BCUT2D eigenvalue weighted by molar-refractivity contribution is 1.11. The van der Waals surface area contributed by atoms with Gasteiger partial charge in [0.1, 0.15) is 5.65 Å². The van der Waals surface area contributed by atoms with E-state index in [0.29, 0.717) is 0 Å². The summed E-state index contributed by atoms with van der Waals surface area (Å²) in [6.07, 6.45) is 12.9. The summed E-state index contributed by atoms with van der Waals surface area (Å²) in [5.74, 6) is 0.748. The second-order valence-corrected chi connectivity index (χ2v) is 3.65. The van der Waals surface area contributed by atoms with Gasteiger partial charge in [0, 0.05) is 43.4 Å². The van der Waals surface area contributed by atoms with Gasteiger partial charge in [0.15, 0.2) is 0 Å². The Morgan fingerprint density at radius 3 is 2.33 bits per heavy atom. The van der Waals surface area contributed by atoms with E-state index in [2.05, 4.69) is 15.0 Å². The molecular formula is C13H11N5. The van der Waals surface area contributed by atoms with Crippen molar-refractivity contribution in [3.8, 4) is 0 Å². The molecule has 0 saturated heterocycles. The average molecular weight is 237 g/mol. The Balaban J connectivity index is 0.000000111. The summed E-state index contributed by atoms with van der Waals surface area (Å²) in [7, 11) is 0. The van der Waals surface area contributed by atoms with Crippen LogP contribution in [0.4, 0.5) is 0 Å². The maximum Gasteiger partial charge on any atom is 0.233 e. The van der Waals surface area contributed by atoms with Crippen molar-refractivity contribution < 1.29 is 0 Å². The minimum atomic E-state index is 0.748. The molecule has 0 amide bonds. The Morgan fingerprint density at radius 1 is 0.667 bits per heavy atom. The maximum atomic E-state index is 4.08. The van der Waals surface area contributed by atoms with Gasteiger partial charge in [-0.25, -0.2) is 15.0 Å². The second-order valence-electron chi connectivity index (χ2n) is 3.65. The van der Waals surface area contributed by atoms with Gasteiger partial charge in [-0.3, -0.25) is 4.40 Å². The molecule has 0 atom stereocenters. The fourth-order valence-electron chi connectivity index (χ4n) is 1.63. The second kappa shape index (κ2) is 4.67. The fourth-order valence-corrected chi connectivity index (χ4v) is 1.63. The van der Waals surface area contributed by atoms with Crippen molar-refractivity contribution in [3.63, 3.8) is 0 Å². The summed E-state index contributed by atoms with van der Waals surface area (Å²) >= 11 is 0. The average Bonchev–Trinajstić information content (AvgIpc) is 3.08. The van der Waals surface area contributed by atoms with E-state index in [1.54, 1.807) is 18.6 Å². The summed E-state index contributed by atoms with van der Waals surface area (Å²) in [6.45, 7) is 0. The Hall–Kier alpha value is -2.69. The first-order chi connectivity index (χ1) is 8.93. The van der Waals surface area contributed by atoms with Gasteiger partial charge < -0.3 is 4.40 Å². The van der Waals surface area contributed by atoms with Crippen LogP contribution in [0.25, 0.3) is 11.4 Å². The molecule has 0 aliphatic rings. The van der Waals surface area contributed by atoms with Gasteiger partial charge in [-0.05, 0) is 18.2 Å². The van der Waals surface area contributed by atoms with Gasteiger partial charge in [-0.1, -0.05) is 6.07 Å². The van der Waals surface area contributed by atoms with Crippen LogP contribution in [0.15, 0.2) is 67.6 Å². The molecule has 0 aliphatic heterocycles. The van der Waals surface area contributed by atoms with Crippen LogP contribution in [0.2, 0.25) is 0 Å². The molecule has 0 bridgehead atoms. The number of hydrogen-bond acceptors (Lipinski definition) is 3. The van der Waals surface area contributed by atoms with Crippen molar-refractivity contribution in [2.45, 2.75) is 0 Å². The van der Waals surface area contributed by atoms with E-state index in [1.807, 2.05) is 57.9 Å². The quantitative estimate of drug-likeness (QED) is 0.470. The minimum absolute atomic E-state index is 0.748. The predicted molar refractivity (Wildman–Crippen MR) is 68.2 cm³/mol. The zero-order valence-electron chi connectivity index (χ0n) is 9.59. The number of rotatable bonds is 0. The van der Waals surface area contributed by atoms with Gasteiger partial charge in [0.25, 0.3) is 0 Å². The lowest BCUT2D eigenvalue weighted by atomic mass is 10.5. The number of pyridine rings is 1. The zero-order valence-corrected chi connectivity index (χ0v) is 9.59. The van der Waals surface area contributed by atoms with Crippen LogP contribution in [0.1, 0.15) is 0 Å². The molecule has 4 heterocycles. The smallest absolute Gasteiger partial charge is 0.233 e. The maximum absolute atomic E-state index is 4.08. The molecular weight excluding hydrogens is 226 g/mol. The normalized spacial score (nSPS) is 10.2. The van der Waals surface area contributed by atoms with E-state index in [0.717, 1.165) is 11.4 Å². The molecule has 4 rings (SSSR count). The van der Waals surface area contributed by atoms with Crippen LogP contribution in [0.5, 0.6) is 0 Å². The third-order valence-electron chi connectivity index (χ3n) is 2.47. The van der Waals surface area contributed by atoms with Crippen LogP contribution in [0.3, 0.4) is 0 Å². The van der Waals surface area contributed by atoms with Crippen molar-refractivity contribution in [3.05, 3.63) is 67.6 Å². The highest BCUT2D eigenvalue weighted by Gasteiger charge is 1.87.